The molecule has 0 saturated heterocycles. The van der Waals surface area contributed by atoms with Crippen LogP contribution in [-0.2, 0) is 6.54 Å². The van der Waals surface area contributed by atoms with E-state index in [1.165, 1.54) is 0 Å². The largest absolute Gasteiger partial charge is 0.492 e. The highest BCUT2D eigenvalue weighted by Crippen LogP contribution is 2.21. The maximum absolute atomic E-state index is 5.71. The average Bonchev–Trinajstić information content (AvgIpc) is 3.02. The summed E-state index contributed by atoms with van der Waals surface area (Å²) in [5, 5.41) is 0. The van der Waals surface area contributed by atoms with Crippen LogP contribution in [0.15, 0.2) is 67.3 Å². The Bertz CT molecular complexity index is 631. The number of hydrogen-bond acceptors (Lipinski definition) is 2. The van der Waals surface area contributed by atoms with E-state index in [0.717, 1.165) is 23.4 Å². The first-order valence-corrected chi connectivity index (χ1v) is 6.57. The number of imidazole rings is 1. The summed E-state index contributed by atoms with van der Waals surface area (Å²) in [6.45, 7) is 1.43. The highest BCUT2D eigenvalue weighted by Gasteiger charge is 1.98. The van der Waals surface area contributed by atoms with Crippen molar-refractivity contribution >= 4 is 0 Å². The van der Waals surface area contributed by atoms with Gasteiger partial charge < -0.3 is 9.30 Å². The van der Waals surface area contributed by atoms with E-state index >= 15 is 0 Å². The van der Waals surface area contributed by atoms with Gasteiger partial charge in [0.05, 0.1) is 12.9 Å². The van der Waals surface area contributed by atoms with Crippen LogP contribution in [0, 0.1) is 6.07 Å². The monoisotopic (exact) mass is 263 g/mol. The van der Waals surface area contributed by atoms with Crippen LogP contribution in [0.1, 0.15) is 0 Å². The molecule has 1 radical (unpaired) electrons. The fourth-order valence-corrected chi connectivity index (χ4v) is 1.99. The fourth-order valence-electron chi connectivity index (χ4n) is 1.99. The Morgan fingerprint density at radius 2 is 2.00 bits per heavy atom. The van der Waals surface area contributed by atoms with Gasteiger partial charge in [-0.2, -0.15) is 0 Å². The van der Waals surface area contributed by atoms with Gasteiger partial charge in [-0.25, -0.2) is 4.98 Å². The molecule has 0 aliphatic rings. The molecular weight excluding hydrogens is 248 g/mol. The second-order valence-corrected chi connectivity index (χ2v) is 4.45. The van der Waals surface area contributed by atoms with E-state index in [0.29, 0.717) is 6.61 Å². The SMILES string of the molecule is [c]1ccccc1-c1ccc(OCCn2ccnc2)cc1. The van der Waals surface area contributed by atoms with Gasteiger partial charge in [0.1, 0.15) is 12.4 Å². The Labute approximate surface area is 118 Å². The van der Waals surface area contributed by atoms with Crippen molar-refractivity contribution in [3.05, 3.63) is 73.3 Å². The van der Waals surface area contributed by atoms with E-state index in [4.69, 9.17) is 4.74 Å². The lowest BCUT2D eigenvalue weighted by atomic mass is 10.1. The minimum Gasteiger partial charge on any atom is -0.492 e. The van der Waals surface area contributed by atoms with Crippen LogP contribution >= 0.6 is 0 Å². The molecule has 0 spiro atoms. The summed E-state index contributed by atoms with van der Waals surface area (Å²) in [6.07, 6.45) is 5.49. The Balaban J connectivity index is 1.59. The molecule has 3 nitrogen and oxygen atoms in total. The van der Waals surface area contributed by atoms with Gasteiger partial charge in [0.25, 0.3) is 0 Å². The third-order valence-corrected chi connectivity index (χ3v) is 3.05. The quantitative estimate of drug-likeness (QED) is 0.705. The topological polar surface area (TPSA) is 27.1 Å². The lowest BCUT2D eigenvalue weighted by Crippen LogP contribution is -2.06. The lowest BCUT2D eigenvalue weighted by Gasteiger charge is -2.07. The predicted molar refractivity (Wildman–Crippen MR) is 78.4 cm³/mol. The van der Waals surface area contributed by atoms with Crippen molar-refractivity contribution in [1.29, 1.82) is 0 Å². The van der Waals surface area contributed by atoms with E-state index in [9.17, 15) is 0 Å². The third-order valence-electron chi connectivity index (χ3n) is 3.05. The summed E-state index contributed by atoms with van der Waals surface area (Å²) < 4.78 is 7.70. The third kappa shape index (κ3) is 3.06. The summed E-state index contributed by atoms with van der Waals surface area (Å²) >= 11 is 0. The first-order valence-electron chi connectivity index (χ1n) is 6.57. The Hall–Kier alpha value is -2.55. The molecule has 2 aromatic carbocycles. The maximum atomic E-state index is 5.71. The molecule has 0 saturated carbocycles. The van der Waals surface area contributed by atoms with Crippen molar-refractivity contribution in [2.24, 2.45) is 0 Å². The maximum Gasteiger partial charge on any atom is 0.119 e. The van der Waals surface area contributed by atoms with Gasteiger partial charge in [-0.15, -0.1) is 0 Å². The Morgan fingerprint density at radius 1 is 1.10 bits per heavy atom. The second kappa shape index (κ2) is 6.06. The van der Waals surface area contributed by atoms with Gasteiger partial charge in [0.15, 0.2) is 0 Å². The molecule has 0 amide bonds. The molecule has 3 aromatic rings. The first kappa shape index (κ1) is 12.5. The highest BCUT2D eigenvalue weighted by atomic mass is 16.5. The second-order valence-electron chi connectivity index (χ2n) is 4.45. The van der Waals surface area contributed by atoms with Gasteiger partial charge in [-0.1, -0.05) is 36.4 Å². The fraction of sp³-hybridized carbons (Fsp3) is 0.118. The van der Waals surface area contributed by atoms with E-state index in [2.05, 4.69) is 29.2 Å². The molecule has 0 atom stereocenters. The van der Waals surface area contributed by atoms with Crippen molar-refractivity contribution in [3.63, 3.8) is 0 Å². The number of hydrogen-bond donors (Lipinski definition) is 0. The van der Waals surface area contributed by atoms with Crippen molar-refractivity contribution in [2.75, 3.05) is 6.61 Å². The molecule has 0 aliphatic heterocycles. The van der Waals surface area contributed by atoms with Crippen molar-refractivity contribution in [3.8, 4) is 16.9 Å². The van der Waals surface area contributed by atoms with Crippen molar-refractivity contribution < 1.29 is 4.74 Å². The molecule has 0 aliphatic carbocycles. The molecule has 1 heterocycles. The molecule has 3 rings (SSSR count). The van der Waals surface area contributed by atoms with Crippen molar-refractivity contribution in [1.82, 2.24) is 9.55 Å². The summed E-state index contributed by atoms with van der Waals surface area (Å²) in [5.41, 5.74) is 2.24. The smallest absolute Gasteiger partial charge is 0.119 e. The van der Waals surface area contributed by atoms with Crippen LogP contribution in [0.3, 0.4) is 0 Å². The number of benzene rings is 2. The molecule has 20 heavy (non-hydrogen) atoms. The minimum atomic E-state index is 0.632. The highest BCUT2D eigenvalue weighted by molar-refractivity contribution is 5.63. The Kier molecular flexibility index (Phi) is 3.78. The molecule has 3 heteroatoms. The van der Waals surface area contributed by atoms with E-state index in [-0.39, 0.29) is 0 Å². The van der Waals surface area contributed by atoms with Crippen LogP contribution in [-0.4, -0.2) is 16.2 Å². The molecule has 0 unspecified atom stereocenters. The zero-order valence-electron chi connectivity index (χ0n) is 11.1. The van der Waals surface area contributed by atoms with Gasteiger partial charge >= 0.3 is 0 Å². The average molecular weight is 263 g/mol. The van der Waals surface area contributed by atoms with Crippen LogP contribution in [0.25, 0.3) is 11.1 Å². The minimum absolute atomic E-state index is 0.632. The summed E-state index contributed by atoms with van der Waals surface area (Å²) in [6, 6.07) is 19.3. The lowest BCUT2D eigenvalue weighted by molar-refractivity contribution is 0.298. The normalized spacial score (nSPS) is 10.4. The molecule has 99 valence electrons. The zero-order chi connectivity index (χ0) is 13.6. The van der Waals surface area contributed by atoms with Gasteiger partial charge in [-0.3, -0.25) is 0 Å². The van der Waals surface area contributed by atoms with Gasteiger partial charge in [-0.05, 0) is 29.3 Å². The number of rotatable bonds is 5. The predicted octanol–water partition coefficient (Wildman–Crippen LogP) is 3.43. The van der Waals surface area contributed by atoms with E-state index in [1.807, 2.05) is 41.1 Å². The number of nitrogens with zero attached hydrogens (tertiary/aromatic N) is 2. The molecule has 0 bridgehead atoms. The summed E-state index contributed by atoms with van der Waals surface area (Å²) in [7, 11) is 0. The molecule has 1 aromatic heterocycles. The van der Waals surface area contributed by atoms with Crippen LogP contribution in [0.4, 0.5) is 0 Å². The van der Waals surface area contributed by atoms with E-state index < -0.39 is 0 Å². The summed E-state index contributed by atoms with van der Waals surface area (Å²) in [4.78, 5) is 4.00. The van der Waals surface area contributed by atoms with E-state index in [1.54, 1.807) is 12.5 Å². The molecule has 0 fully saturated rings. The van der Waals surface area contributed by atoms with Gasteiger partial charge in [0, 0.05) is 12.4 Å². The standard InChI is InChI=1S/C17H15N2O/c1-2-4-15(5-3-1)16-6-8-17(9-7-16)20-13-12-19-11-10-18-14-19/h1-4,6-11,14H,12-13H2. The summed E-state index contributed by atoms with van der Waals surface area (Å²) in [5.74, 6) is 0.879. The molecular formula is C17H15N2O. The van der Waals surface area contributed by atoms with Crippen LogP contribution in [0.2, 0.25) is 0 Å². The number of aromatic nitrogens is 2. The zero-order valence-corrected chi connectivity index (χ0v) is 11.1. The van der Waals surface area contributed by atoms with Crippen molar-refractivity contribution in [2.45, 2.75) is 6.54 Å². The van der Waals surface area contributed by atoms with Gasteiger partial charge in [0.2, 0.25) is 0 Å². The number of ether oxygens (including phenoxy) is 1. The van der Waals surface area contributed by atoms with Crippen LogP contribution < -0.4 is 4.74 Å². The molecule has 0 N–H and O–H groups in total. The first-order chi connectivity index (χ1) is 9.92. The van der Waals surface area contributed by atoms with Crippen LogP contribution in [0.5, 0.6) is 5.75 Å². The Morgan fingerprint density at radius 3 is 2.70 bits per heavy atom.